The second-order valence-electron chi connectivity index (χ2n) is 8.24. The van der Waals surface area contributed by atoms with E-state index in [1.807, 2.05) is 47.3 Å². The van der Waals surface area contributed by atoms with E-state index in [-0.39, 0.29) is 0 Å². The number of ether oxygens (including phenoxy) is 1. The lowest BCUT2D eigenvalue weighted by molar-refractivity contribution is -0.142. The van der Waals surface area contributed by atoms with Gasteiger partial charge in [-0.25, -0.2) is 4.79 Å². The highest BCUT2D eigenvalue weighted by atomic mass is 35.5. The van der Waals surface area contributed by atoms with Crippen molar-refractivity contribution in [3.8, 4) is 5.75 Å². The first-order chi connectivity index (χ1) is 15.0. The average Bonchev–Trinajstić information content (AvgIpc) is 3.51. The van der Waals surface area contributed by atoms with Gasteiger partial charge in [-0.15, -0.1) is 0 Å². The number of nitrogens with zero attached hydrogens (tertiary/aromatic N) is 4. The number of hydrogen-bond acceptors (Lipinski definition) is 5. The van der Waals surface area contributed by atoms with Gasteiger partial charge in [-0.1, -0.05) is 35.9 Å². The predicted octanol–water partition coefficient (Wildman–Crippen LogP) is 4.17. The number of rotatable bonds is 7. The van der Waals surface area contributed by atoms with E-state index in [0.717, 1.165) is 27.7 Å². The molecule has 31 heavy (non-hydrogen) atoms. The first kappa shape index (κ1) is 19.9. The maximum atomic E-state index is 11.5. The third-order valence-corrected chi connectivity index (χ3v) is 6.10. The van der Waals surface area contributed by atoms with Crippen molar-refractivity contribution >= 4 is 34.2 Å². The van der Waals surface area contributed by atoms with E-state index in [2.05, 4.69) is 10.2 Å². The Bertz CT molecular complexity index is 1180. The Labute approximate surface area is 184 Å². The number of carboxylic acids is 1. The van der Waals surface area contributed by atoms with Crippen molar-refractivity contribution in [2.75, 3.05) is 6.61 Å². The molecule has 1 aliphatic carbocycles. The number of benzene rings is 2. The topological polar surface area (TPSA) is 80.0 Å². The van der Waals surface area contributed by atoms with E-state index in [1.165, 1.54) is 12.8 Å². The number of aliphatic carboxylic acids is 1. The van der Waals surface area contributed by atoms with E-state index >= 15 is 0 Å². The Kier molecular flexibility index (Phi) is 5.06. The summed E-state index contributed by atoms with van der Waals surface area (Å²) >= 11 is 6.40. The minimum absolute atomic E-state index is 0.421. The van der Waals surface area contributed by atoms with Crippen LogP contribution in [0.4, 0.5) is 0 Å². The molecule has 1 N–H and O–H groups in total. The summed E-state index contributed by atoms with van der Waals surface area (Å²) in [7, 11) is 0. The molecule has 1 saturated carbocycles. The summed E-state index contributed by atoms with van der Waals surface area (Å²) in [6.45, 7) is 3.23. The number of hydrogen-bond donors (Lipinski definition) is 1. The lowest BCUT2D eigenvalue weighted by Gasteiger charge is -2.30. The maximum absolute atomic E-state index is 11.5. The minimum atomic E-state index is -0.902. The molecule has 1 aromatic heterocycles. The zero-order valence-electron chi connectivity index (χ0n) is 17.2. The van der Waals surface area contributed by atoms with Crippen molar-refractivity contribution in [1.29, 1.82) is 0 Å². The molecule has 5 rings (SSSR count). The molecule has 0 amide bonds. The van der Waals surface area contributed by atoms with Gasteiger partial charge in [-0.05, 0) is 43.4 Å². The monoisotopic (exact) mass is 438 g/mol. The first-order valence-corrected chi connectivity index (χ1v) is 10.8. The quantitative estimate of drug-likeness (QED) is 0.598. The van der Waals surface area contributed by atoms with Gasteiger partial charge in [-0.2, -0.15) is 10.2 Å². The fourth-order valence-electron chi connectivity index (χ4n) is 3.74. The molecular weight excluding hydrogens is 416 g/mol. The van der Waals surface area contributed by atoms with Crippen LogP contribution in [0.5, 0.6) is 5.75 Å². The smallest absolute Gasteiger partial charge is 0.327 e. The van der Waals surface area contributed by atoms with E-state index in [9.17, 15) is 9.90 Å². The molecule has 8 heteroatoms. The van der Waals surface area contributed by atoms with Crippen molar-refractivity contribution in [1.82, 2.24) is 14.8 Å². The third-order valence-electron chi connectivity index (χ3n) is 5.80. The number of carboxylic acid groups (broad SMARTS) is 1. The minimum Gasteiger partial charge on any atom is -0.492 e. The zero-order valence-corrected chi connectivity index (χ0v) is 17.9. The molecule has 1 atom stereocenters. The Hall–Kier alpha value is -3.06. The molecule has 7 nitrogen and oxygen atoms in total. The molecule has 0 saturated heterocycles. The lowest BCUT2D eigenvalue weighted by Crippen LogP contribution is -2.38. The number of fused-ring (bicyclic) bond motifs is 2. The Morgan fingerprint density at radius 1 is 1.32 bits per heavy atom. The molecule has 2 heterocycles. The van der Waals surface area contributed by atoms with Crippen LogP contribution in [0.2, 0.25) is 5.02 Å². The maximum Gasteiger partial charge on any atom is 0.327 e. The standard InChI is InChI=1S/C23H23ClN4O3/c1-14(23(29)30)28-11-16-4-2-3-5-18(16)21(26-28)12-27-10-17-8-22(31-13-15-6-7-15)19(24)9-20(17)25-27/h2-5,8-10,14-15H,6-7,11-13H2,1H3,(H,29,30). The highest BCUT2D eigenvalue weighted by Gasteiger charge is 2.26. The van der Waals surface area contributed by atoms with E-state index in [0.29, 0.717) is 36.4 Å². The lowest BCUT2D eigenvalue weighted by atomic mass is 10.0. The highest BCUT2D eigenvalue weighted by molar-refractivity contribution is 6.32. The number of hydrazone groups is 1. The van der Waals surface area contributed by atoms with Gasteiger partial charge in [0, 0.05) is 17.1 Å². The van der Waals surface area contributed by atoms with E-state index in [1.54, 1.807) is 11.9 Å². The van der Waals surface area contributed by atoms with Gasteiger partial charge in [0.25, 0.3) is 0 Å². The predicted molar refractivity (Wildman–Crippen MR) is 119 cm³/mol. The summed E-state index contributed by atoms with van der Waals surface area (Å²) in [5.74, 6) is 0.429. The van der Waals surface area contributed by atoms with Crippen LogP contribution in [0.25, 0.3) is 10.9 Å². The second-order valence-corrected chi connectivity index (χ2v) is 8.65. The summed E-state index contributed by atoms with van der Waals surface area (Å²) in [6, 6.07) is 11.0. The first-order valence-electron chi connectivity index (χ1n) is 10.4. The summed E-state index contributed by atoms with van der Waals surface area (Å²) in [5, 5.41) is 21.9. The van der Waals surface area contributed by atoms with Crippen molar-refractivity contribution in [3.63, 3.8) is 0 Å². The van der Waals surface area contributed by atoms with Crippen LogP contribution in [0.1, 0.15) is 30.9 Å². The van der Waals surface area contributed by atoms with Crippen LogP contribution in [0.3, 0.4) is 0 Å². The molecule has 160 valence electrons. The Morgan fingerprint density at radius 2 is 2.13 bits per heavy atom. The molecular formula is C23H23ClN4O3. The van der Waals surface area contributed by atoms with Crippen molar-refractivity contribution in [3.05, 3.63) is 58.7 Å². The summed E-state index contributed by atoms with van der Waals surface area (Å²) in [5.41, 5.74) is 3.63. The van der Waals surface area contributed by atoms with Crippen molar-refractivity contribution < 1.29 is 14.6 Å². The number of halogens is 1. The average molecular weight is 439 g/mol. The van der Waals surface area contributed by atoms with Crippen molar-refractivity contribution in [2.24, 2.45) is 11.0 Å². The Balaban J connectivity index is 1.44. The number of carbonyl (C=O) groups is 1. The van der Waals surface area contributed by atoms with Crippen LogP contribution in [0.15, 0.2) is 47.7 Å². The number of aromatic nitrogens is 2. The van der Waals surface area contributed by atoms with Gasteiger partial charge >= 0.3 is 5.97 Å². The molecule has 0 radical (unpaired) electrons. The van der Waals surface area contributed by atoms with Crippen LogP contribution in [-0.2, 0) is 17.9 Å². The van der Waals surface area contributed by atoms with E-state index < -0.39 is 12.0 Å². The zero-order chi connectivity index (χ0) is 21.5. The summed E-state index contributed by atoms with van der Waals surface area (Å²) in [6.07, 6.45) is 4.39. The third kappa shape index (κ3) is 4.10. The fourth-order valence-corrected chi connectivity index (χ4v) is 3.95. The van der Waals surface area contributed by atoms with E-state index in [4.69, 9.17) is 16.3 Å². The molecule has 1 unspecified atom stereocenters. The largest absolute Gasteiger partial charge is 0.492 e. The van der Waals surface area contributed by atoms with Gasteiger partial charge in [0.05, 0.1) is 35.9 Å². The van der Waals surface area contributed by atoms with Crippen LogP contribution in [-0.4, -0.2) is 44.2 Å². The molecule has 0 spiro atoms. The second kappa shape index (κ2) is 7.89. The fraction of sp³-hybridized carbons (Fsp3) is 0.348. The molecule has 2 aliphatic rings. The molecule has 2 aromatic carbocycles. The van der Waals surface area contributed by atoms with Gasteiger partial charge in [0.15, 0.2) is 0 Å². The molecule has 1 fully saturated rings. The van der Waals surface area contributed by atoms with Gasteiger partial charge in [-0.3, -0.25) is 9.69 Å². The molecule has 0 bridgehead atoms. The SMILES string of the molecule is CC(C(=O)O)N1Cc2ccccc2C(Cn2cc3cc(OCC4CC4)c(Cl)cc3n2)=N1. The highest BCUT2D eigenvalue weighted by Crippen LogP contribution is 2.34. The summed E-state index contributed by atoms with van der Waals surface area (Å²) in [4.78, 5) is 11.5. The summed E-state index contributed by atoms with van der Waals surface area (Å²) < 4.78 is 7.70. The van der Waals surface area contributed by atoms with Crippen molar-refractivity contribution in [2.45, 2.75) is 38.9 Å². The Morgan fingerprint density at radius 3 is 2.90 bits per heavy atom. The molecule has 1 aliphatic heterocycles. The van der Waals surface area contributed by atoms with Crippen LogP contribution < -0.4 is 4.74 Å². The van der Waals surface area contributed by atoms with Gasteiger partial charge in [0.1, 0.15) is 11.8 Å². The normalized spacial score (nSPS) is 16.7. The van der Waals surface area contributed by atoms with Gasteiger partial charge < -0.3 is 9.84 Å². The van der Waals surface area contributed by atoms with Crippen LogP contribution in [0, 0.1) is 5.92 Å². The van der Waals surface area contributed by atoms with Crippen LogP contribution >= 0.6 is 11.6 Å². The van der Waals surface area contributed by atoms with Gasteiger partial charge in [0.2, 0.25) is 0 Å². The molecule has 3 aromatic rings.